The molecule has 8 nitrogen and oxygen atoms in total. The molecule has 5 aromatic carbocycles. The van der Waals surface area contributed by atoms with Crippen molar-refractivity contribution in [2.45, 2.75) is 26.6 Å². The molecule has 232 valence electrons. The van der Waals surface area contributed by atoms with E-state index in [4.69, 9.17) is 9.47 Å². The maximum atomic E-state index is 13.8. The number of aromatic nitrogens is 2. The summed E-state index contributed by atoms with van der Waals surface area (Å²) in [5, 5.41) is 0.400. The molecule has 0 atom stereocenters. The number of benzene rings is 5. The highest BCUT2D eigenvalue weighted by Crippen LogP contribution is 2.26. The molecule has 0 saturated heterocycles. The number of ether oxygens (including phenoxy) is 2. The third kappa shape index (κ3) is 5.77. The Morgan fingerprint density at radius 1 is 0.511 bits per heavy atom. The van der Waals surface area contributed by atoms with Crippen LogP contribution in [0.1, 0.15) is 27.8 Å². The van der Waals surface area contributed by atoms with Crippen LogP contribution in [0.2, 0.25) is 0 Å². The van der Waals surface area contributed by atoms with Crippen molar-refractivity contribution in [3.05, 3.63) is 178 Å². The molecule has 0 aliphatic heterocycles. The van der Waals surface area contributed by atoms with E-state index in [2.05, 4.69) is 6.07 Å². The van der Waals surface area contributed by atoms with Gasteiger partial charge in [-0.05, 0) is 77.6 Å². The largest absolute Gasteiger partial charge is 0.489 e. The van der Waals surface area contributed by atoms with Crippen molar-refractivity contribution < 1.29 is 9.47 Å². The molecule has 0 aliphatic carbocycles. The Morgan fingerprint density at radius 2 is 0.979 bits per heavy atom. The Hall–Kier alpha value is -6.02. The molecule has 0 radical (unpaired) electrons. The predicted molar refractivity (Wildman–Crippen MR) is 183 cm³/mol. The summed E-state index contributed by atoms with van der Waals surface area (Å²) in [5.74, 6) is 1.23. The Labute approximate surface area is 269 Å². The number of hydrogen-bond donors (Lipinski definition) is 0. The molecule has 0 amide bonds. The van der Waals surface area contributed by atoms with Gasteiger partial charge in [-0.3, -0.25) is 23.7 Å². The zero-order valence-electron chi connectivity index (χ0n) is 25.9. The van der Waals surface area contributed by atoms with Crippen LogP contribution in [0, 0.1) is 6.92 Å². The molecule has 7 rings (SSSR count). The van der Waals surface area contributed by atoms with Crippen molar-refractivity contribution in [1.82, 2.24) is 9.13 Å². The van der Waals surface area contributed by atoms with Gasteiger partial charge in [0.25, 0.3) is 22.2 Å². The first-order chi connectivity index (χ1) is 22.7. The second kappa shape index (κ2) is 12.1. The van der Waals surface area contributed by atoms with Gasteiger partial charge in [-0.15, -0.1) is 0 Å². The fourth-order valence-electron chi connectivity index (χ4n) is 6.01. The highest BCUT2D eigenvalue weighted by atomic mass is 16.5. The van der Waals surface area contributed by atoms with Crippen LogP contribution in [-0.4, -0.2) is 9.13 Å². The van der Waals surface area contributed by atoms with Crippen molar-refractivity contribution in [2.75, 3.05) is 0 Å². The van der Waals surface area contributed by atoms with E-state index in [0.717, 1.165) is 42.7 Å². The fourth-order valence-corrected chi connectivity index (χ4v) is 6.01. The minimum absolute atomic E-state index is 0.0845. The lowest BCUT2D eigenvalue weighted by Crippen LogP contribution is -2.23. The number of rotatable bonds is 9. The predicted octanol–water partition coefficient (Wildman–Crippen LogP) is 5.50. The van der Waals surface area contributed by atoms with E-state index in [0.29, 0.717) is 24.5 Å². The Bertz CT molecular complexity index is 2410. The van der Waals surface area contributed by atoms with E-state index in [1.54, 1.807) is 12.1 Å². The molecule has 2 aromatic heterocycles. The third-order valence-electron chi connectivity index (χ3n) is 8.32. The number of nitrogens with zero attached hydrogens (tertiary/aromatic N) is 2. The minimum Gasteiger partial charge on any atom is -0.489 e. The van der Waals surface area contributed by atoms with Crippen LogP contribution in [-0.2, 0) is 26.7 Å². The quantitative estimate of drug-likeness (QED) is 0.211. The number of hydrogen-bond acceptors (Lipinski definition) is 6. The molecule has 47 heavy (non-hydrogen) atoms. The Kier molecular flexibility index (Phi) is 7.61. The van der Waals surface area contributed by atoms with Crippen molar-refractivity contribution in [3.63, 3.8) is 0 Å². The molecule has 0 fully saturated rings. The van der Waals surface area contributed by atoms with Crippen LogP contribution in [0.3, 0.4) is 0 Å². The summed E-state index contributed by atoms with van der Waals surface area (Å²) >= 11 is 0. The maximum Gasteiger partial charge on any atom is 0.266 e. The molecule has 0 bridgehead atoms. The second-order valence-corrected chi connectivity index (χ2v) is 11.8. The zero-order valence-corrected chi connectivity index (χ0v) is 25.9. The molecule has 0 saturated carbocycles. The first-order valence-electron chi connectivity index (χ1n) is 15.2. The SMILES string of the molecule is Cc1cc(Cc2cc(OCc3ccccc3)cc(-n3c(=O)c4cc5c(=O)n(C)c(=O)c5cc4c3=O)c2)cc(OCc2ccccc2)c1. The van der Waals surface area contributed by atoms with Crippen LogP contribution in [0.15, 0.2) is 128 Å². The summed E-state index contributed by atoms with van der Waals surface area (Å²) in [6, 6.07) is 33.8. The lowest BCUT2D eigenvalue weighted by atomic mass is 10.0. The van der Waals surface area contributed by atoms with Gasteiger partial charge in [-0.25, -0.2) is 4.57 Å². The van der Waals surface area contributed by atoms with Crippen LogP contribution in [0.25, 0.3) is 27.2 Å². The van der Waals surface area contributed by atoms with E-state index in [1.165, 1.54) is 19.2 Å². The Balaban J connectivity index is 1.29. The topological polar surface area (TPSA) is 96.6 Å². The van der Waals surface area contributed by atoms with E-state index in [1.807, 2.05) is 85.8 Å². The fraction of sp³-hybridized carbons (Fsp3) is 0.128. The van der Waals surface area contributed by atoms with Gasteiger partial charge >= 0.3 is 0 Å². The van der Waals surface area contributed by atoms with Crippen LogP contribution in [0.5, 0.6) is 11.5 Å². The Morgan fingerprint density at radius 3 is 1.51 bits per heavy atom. The van der Waals surface area contributed by atoms with Gasteiger partial charge in [0.2, 0.25) is 0 Å². The highest BCUT2D eigenvalue weighted by molar-refractivity contribution is 5.98. The third-order valence-corrected chi connectivity index (χ3v) is 8.32. The minimum atomic E-state index is -0.569. The van der Waals surface area contributed by atoms with Gasteiger partial charge in [0, 0.05) is 13.1 Å². The van der Waals surface area contributed by atoms with E-state index < -0.39 is 22.2 Å². The van der Waals surface area contributed by atoms with Crippen molar-refractivity contribution in [1.29, 1.82) is 0 Å². The molecule has 8 heteroatoms. The molecule has 0 unspecified atom stereocenters. The number of fused-ring (bicyclic) bond motifs is 2. The smallest absolute Gasteiger partial charge is 0.266 e. The van der Waals surface area contributed by atoms with Crippen molar-refractivity contribution in [3.8, 4) is 17.2 Å². The second-order valence-electron chi connectivity index (χ2n) is 11.8. The molecule has 2 heterocycles. The first-order valence-corrected chi connectivity index (χ1v) is 15.2. The average Bonchev–Trinajstić information content (AvgIpc) is 3.45. The maximum absolute atomic E-state index is 13.8. The summed E-state index contributed by atoms with van der Waals surface area (Å²) in [7, 11) is 1.38. The molecule has 0 aliphatic rings. The summed E-state index contributed by atoms with van der Waals surface area (Å²) in [6.45, 7) is 2.73. The first kappa shape index (κ1) is 29.7. The van der Waals surface area contributed by atoms with Gasteiger partial charge in [-0.1, -0.05) is 66.7 Å². The zero-order chi connectivity index (χ0) is 32.7. The average molecular weight is 623 g/mol. The van der Waals surface area contributed by atoms with Crippen LogP contribution < -0.4 is 31.7 Å². The van der Waals surface area contributed by atoms with Gasteiger partial charge < -0.3 is 9.47 Å². The monoisotopic (exact) mass is 622 g/mol. The van der Waals surface area contributed by atoms with E-state index >= 15 is 0 Å². The summed E-state index contributed by atoms with van der Waals surface area (Å²) < 4.78 is 14.4. The highest BCUT2D eigenvalue weighted by Gasteiger charge is 2.20. The molecule has 7 aromatic rings. The van der Waals surface area contributed by atoms with E-state index in [9.17, 15) is 19.2 Å². The van der Waals surface area contributed by atoms with Crippen LogP contribution >= 0.6 is 0 Å². The normalized spacial score (nSPS) is 11.4. The standard InChI is InChI=1S/C39H30N2O6/c1-24-13-27(17-30(14-24)46-22-25-9-5-3-6-10-25)15-28-16-29(19-31(18-28)47-23-26-11-7-4-8-12-26)41-38(44)34-20-32-33(21-35(34)39(41)45)37(43)40(2)36(32)42/h3-14,16-21H,15,22-23H2,1-2H3. The molecule has 0 spiro atoms. The summed E-state index contributed by atoms with van der Waals surface area (Å²) in [5.41, 5.74) is 3.05. The summed E-state index contributed by atoms with van der Waals surface area (Å²) in [4.78, 5) is 52.8. The van der Waals surface area contributed by atoms with Gasteiger partial charge in [-0.2, -0.15) is 0 Å². The molecule has 0 N–H and O–H groups in total. The molecular formula is C39H30N2O6. The summed E-state index contributed by atoms with van der Waals surface area (Å²) in [6.07, 6.45) is 0.478. The van der Waals surface area contributed by atoms with Gasteiger partial charge in [0.15, 0.2) is 0 Å². The molecular weight excluding hydrogens is 592 g/mol. The lowest BCUT2D eigenvalue weighted by Gasteiger charge is -2.13. The van der Waals surface area contributed by atoms with Crippen molar-refractivity contribution in [2.24, 2.45) is 7.05 Å². The lowest BCUT2D eigenvalue weighted by molar-refractivity contribution is 0.305. The van der Waals surface area contributed by atoms with E-state index in [-0.39, 0.29) is 28.2 Å². The van der Waals surface area contributed by atoms with Crippen LogP contribution in [0.4, 0.5) is 0 Å². The van der Waals surface area contributed by atoms with Crippen molar-refractivity contribution >= 4 is 21.5 Å². The number of aryl methyl sites for hydroxylation is 1. The van der Waals surface area contributed by atoms with Gasteiger partial charge in [0.1, 0.15) is 24.7 Å². The van der Waals surface area contributed by atoms with Gasteiger partial charge in [0.05, 0.1) is 27.2 Å².